The summed E-state index contributed by atoms with van der Waals surface area (Å²) in [5, 5.41) is 27.1. The van der Waals surface area contributed by atoms with E-state index in [2.05, 4.69) is 20.6 Å². The summed E-state index contributed by atoms with van der Waals surface area (Å²) in [6, 6.07) is 0. The molecule has 0 aliphatic heterocycles. The summed E-state index contributed by atoms with van der Waals surface area (Å²) in [6.07, 6.45) is 0. The van der Waals surface area contributed by atoms with Crippen LogP contribution in [0.3, 0.4) is 0 Å². The number of hydrogen-bond donors (Lipinski definition) is 2. The zero-order chi connectivity index (χ0) is 23.1. The van der Waals surface area contributed by atoms with E-state index in [-0.39, 0.29) is 39.5 Å². The third-order valence-corrected chi connectivity index (χ3v) is 2.27. The summed E-state index contributed by atoms with van der Waals surface area (Å²) >= 11 is 0. The van der Waals surface area contributed by atoms with Crippen LogP contribution in [0.5, 0.6) is 0 Å². The van der Waals surface area contributed by atoms with E-state index in [9.17, 15) is 19.8 Å². The standard InChI is InChI=1S/2C10H20N2O2.Co/c2*1-9(2,3)11-7(8(13)14)12-10(4,5)6;/h2*1-6H3,(H,11,12)(H,13,14);/q;;+2/p-2. The van der Waals surface area contributed by atoms with Gasteiger partial charge in [0.05, 0.1) is 11.1 Å². The first-order valence-electron chi connectivity index (χ1n) is 9.21. The predicted octanol–water partition coefficient (Wildman–Crippen LogP) is 0.640. The second-order valence-electron chi connectivity index (χ2n) is 10.6. The zero-order valence-corrected chi connectivity index (χ0v) is 20.9. The quantitative estimate of drug-likeness (QED) is 0.406. The van der Waals surface area contributed by atoms with Crippen LogP contribution < -0.4 is 20.8 Å². The molecule has 9 heteroatoms. The van der Waals surface area contributed by atoms with Gasteiger partial charge >= 0.3 is 16.8 Å². The number of carboxylic acids is 2. The maximum atomic E-state index is 10.8. The predicted molar refractivity (Wildman–Crippen MR) is 110 cm³/mol. The molecular weight excluding hydrogens is 419 g/mol. The first kappa shape index (κ1) is 32.1. The summed E-state index contributed by atoms with van der Waals surface area (Å²) in [4.78, 5) is 29.6. The van der Waals surface area contributed by atoms with Crippen LogP contribution in [0.2, 0.25) is 0 Å². The minimum absolute atomic E-state index is 0. The average Bonchev–Trinajstić information content (AvgIpc) is 2.30. The minimum atomic E-state index is -1.27. The number of nitrogens with one attached hydrogen (secondary N) is 2. The van der Waals surface area contributed by atoms with Gasteiger partial charge in [0.15, 0.2) is 0 Å². The molecule has 0 bridgehead atoms. The van der Waals surface area contributed by atoms with Crippen LogP contribution >= 0.6 is 0 Å². The molecule has 0 saturated carbocycles. The minimum Gasteiger partial charge on any atom is -0.542 e. The summed E-state index contributed by atoms with van der Waals surface area (Å²) in [6.45, 7) is 22.2. The Morgan fingerprint density at radius 1 is 0.586 bits per heavy atom. The van der Waals surface area contributed by atoms with E-state index < -0.39 is 23.0 Å². The third kappa shape index (κ3) is 22.5. The van der Waals surface area contributed by atoms with E-state index in [4.69, 9.17) is 0 Å². The van der Waals surface area contributed by atoms with Gasteiger partial charge in [-0.1, -0.05) is 0 Å². The number of rotatable bonds is 0. The molecule has 8 nitrogen and oxygen atoms in total. The van der Waals surface area contributed by atoms with Gasteiger partial charge in [0, 0.05) is 11.1 Å². The van der Waals surface area contributed by atoms with E-state index in [1.807, 2.05) is 83.1 Å². The second kappa shape index (κ2) is 11.5. The van der Waals surface area contributed by atoms with E-state index in [0.717, 1.165) is 0 Å². The van der Waals surface area contributed by atoms with Crippen LogP contribution in [0.25, 0.3) is 0 Å². The van der Waals surface area contributed by atoms with Crippen LogP contribution in [0.1, 0.15) is 83.1 Å². The number of carbonyl (C=O) groups is 2. The second-order valence-corrected chi connectivity index (χ2v) is 10.6. The third-order valence-electron chi connectivity index (χ3n) is 2.27. The largest absolute Gasteiger partial charge is 2.00 e. The molecule has 0 aromatic heterocycles. The van der Waals surface area contributed by atoms with Gasteiger partial charge in [-0.25, -0.2) is 0 Å². The molecule has 0 aliphatic carbocycles. The number of aliphatic carboxylic acids is 2. The molecule has 2 N–H and O–H groups in total. The molecule has 0 unspecified atom stereocenters. The maximum absolute atomic E-state index is 10.8. The zero-order valence-electron chi connectivity index (χ0n) is 19.9. The number of amidine groups is 2. The molecule has 0 aromatic rings. The number of carbonyl (C=O) groups excluding carboxylic acids is 2. The van der Waals surface area contributed by atoms with Gasteiger partial charge in [0.2, 0.25) is 0 Å². The monoisotopic (exact) mass is 457 g/mol. The molecule has 0 aliphatic rings. The number of hydrogen-bond acceptors (Lipinski definition) is 6. The van der Waals surface area contributed by atoms with Crippen LogP contribution in [0.4, 0.5) is 0 Å². The summed E-state index contributed by atoms with van der Waals surface area (Å²) < 4.78 is 0. The Bertz CT molecular complexity index is 548. The summed E-state index contributed by atoms with van der Waals surface area (Å²) in [5.74, 6) is -2.72. The van der Waals surface area contributed by atoms with Gasteiger partial charge < -0.3 is 30.4 Å². The van der Waals surface area contributed by atoms with Crippen molar-refractivity contribution in [3.63, 3.8) is 0 Å². The first-order valence-corrected chi connectivity index (χ1v) is 9.21. The van der Waals surface area contributed by atoms with Gasteiger partial charge in [-0.15, -0.1) is 0 Å². The average molecular weight is 457 g/mol. The molecule has 0 amide bonds. The van der Waals surface area contributed by atoms with Gasteiger partial charge in [-0.2, -0.15) is 0 Å². The SMILES string of the molecule is CC(C)(C)N=C(NC(C)(C)C)C(=O)[O-].CC(C)(C)N=C(NC(C)(C)C)C(=O)[O-].[Co+2]. The Morgan fingerprint density at radius 2 is 0.793 bits per heavy atom. The van der Waals surface area contributed by atoms with E-state index in [1.54, 1.807) is 0 Å². The van der Waals surface area contributed by atoms with Gasteiger partial charge in [-0.3, -0.25) is 9.98 Å². The topological polar surface area (TPSA) is 129 Å². The number of carboxylic acid groups (broad SMARTS) is 2. The van der Waals surface area contributed by atoms with Crippen molar-refractivity contribution in [3.8, 4) is 0 Å². The fourth-order valence-electron chi connectivity index (χ4n) is 1.63. The molecule has 0 atom stereocenters. The molecule has 0 aromatic carbocycles. The Labute approximate surface area is 186 Å². The van der Waals surface area contributed by atoms with Crippen LogP contribution in [0, 0.1) is 0 Å². The molecule has 1 radical (unpaired) electrons. The Hall–Kier alpha value is -1.61. The molecule has 0 spiro atoms. The summed E-state index contributed by atoms with van der Waals surface area (Å²) in [7, 11) is 0. The van der Waals surface area contributed by atoms with Gasteiger partial charge in [0.1, 0.15) is 23.6 Å². The van der Waals surface area contributed by atoms with Crippen molar-refractivity contribution in [1.29, 1.82) is 0 Å². The molecule has 171 valence electrons. The molecule has 0 fully saturated rings. The van der Waals surface area contributed by atoms with E-state index in [1.165, 1.54) is 0 Å². The van der Waals surface area contributed by atoms with Crippen LogP contribution in [0.15, 0.2) is 9.98 Å². The van der Waals surface area contributed by atoms with E-state index in [0.29, 0.717) is 0 Å². The van der Waals surface area contributed by atoms with Crippen LogP contribution in [-0.2, 0) is 26.4 Å². The smallest absolute Gasteiger partial charge is 0.542 e. The molecule has 0 heterocycles. The van der Waals surface area contributed by atoms with Crippen molar-refractivity contribution in [1.82, 2.24) is 10.6 Å². The van der Waals surface area contributed by atoms with Crippen molar-refractivity contribution >= 4 is 23.6 Å². The summed E-state index contributed by atoms with van der Waals surface area (Å²) in [5.41, 5.74) is -1.50. The molecule has 29 heavy (non-hydrogen) atoms. The fourth-order valence-corrected chi connectivity index (χ4v) is 1.63. The van der Waals surface area contributed by atoms with Crippen molar-refractivity contribution in [3.05, 3.63) is 0 Å². The fraction of sp³-hybridized carbons (Fsp3) is 0.800. The maximum Gasteiger partial charge on any atom is 2.00 e. The molecular formula is C20H38CoN4O4. The first-order chi connectivity index (χ1) is 12.0. The van der Waals surface area contributed by atoms with Crippen molar-refractivity contribution in [2.45, 2.75) is 105 Å². The number of nitrogens with zero attached hydrogens (tertiary/aromatic N) is 2. The van der Waals surface area contributed by atoms with Crippen LogP contribution in [-0.4, -0.2) is 45.8 Å². The Balaban J connectivity index is -0.000000451. The number of aliphatic imine (C=N–C) groups is 2. The molecule has 0 saturated heterocycles. The van der Waals surface area contributed by atoms with Crippen molar-refractivity contribution < 1.29 is 36.6 Å². The van der Waals surface area contributed by atoms with Crippen molar-refractivity contribution in [2.24, 2.45) is 9.98 Å². The normalized spacial score (nSPS) is 13.5. The van der Waals surface area contributed by atoms with Gasteiger partial charge in [0.25, 0.3) is 0 Å². The van der Waals surface area contributed by atoms with Crippen molar-refractivity contribution in [2.75, 3.05) is 0 Å². The van der Waals surface area contributed by atoms with E-state index >= 15 is 0 Å². The van der Waals surface area contributed by atoms with Gasteiger partial charge in [-0.05, 0) is 83.1 Å². The Morgan fingerprint density at radius 3 is 0.897 bits per heavy atom. The Kier molecular flexibility index (Phi) is 12.8. The molecule has 0 rings (SSSR count).